The van der Waals surface area contributed by atoms with Crippen LogP contribution in [0.4, 0.5) is 0 Å². The van der Waals surface area contributed by atoms with Crippen molar-refractivity contribution in [1.29, 1.82) is 0 Å². The molecule has 0 fully saturated rings. The summed E-state index contributed by atoms with van der Waals surface area (Å²) in [5.74, 6) is 0.260. The Kier molecular flexibility index (Phi) is 2.75. The Hall–Kier alpha value is -2.63. The number of hydrogen-bond donors (Lipinski definition) is 1. The molecule has 1 N–H and O–H groups in total. The van der Waals surface area contributed by atoms with Gasteiger partial charge in [0.05, 0.1) is 0 Å². The standard InChI is InChI=1S/C13H10O6/c14-13(15)10-3-4-12(19-10)16-6-8-1-2-9-11(5-8)18-7-17-9/h1-5H,6-7H2,(H,14,15). The van der Waals surface area contributed by atoms with Gasteiger partial charge in [0.1, 0.15) is 6.61 Å². The minimum Gasteiger partial charge on any atom is -0.475 e. The van der Waals surface area contributed by atoms with Crippen LogP contribution in [-0.2, 0) is 6.61 Å². The Morgan fingerprint density at radius 1 is 1.21 bits per heavy atom. The molecule has 0 radical (unpaired) electrons. The van der Waals surface area contributed by atoms with E-state index in [0.29, 0.717) is 11.5 Å². The zero-order chi connectivity index (χ0) is 13.2. The van der Waals surface area contributed by atoms with Crippen LogP contribution in [0.5, 0.6) is 17.4 Å². The van der Waals surface area contributed by atoms with E-state index in [0.717, 1.165) is 5.56 Å². The molecular weight excluding hydrogens is 252 g/mol. The summed E-state index contributed by atoms with van der Waals surface area (Å²) in [5, 5.41) is 8.71. The summed E-state index contributed by atoms with van der Waals surface area (Å²) in [6.07, 6.45) is 0. The monoisotopic (exact) mass is 262 g/mol. The zero-order valence-corrected chi connectivity index (χ0v) is 9.79. The molecule has 0 saturated heterocycles. The number of benzene rings is 1. The maximum Gasteiger partial charge on any atom is 0.371 e. The van der Waals surface area contributed by atoms with Gasteiger partial charge in [0.15, 0.2) is 11.5 Å². The number of furan rings is 1. The van der Waals surface area contributed by atoms with E-state index in [4.69, 9.17) is 23.7 Å². The van der Waals surface area contributed by atoms with E-state index in [9.17, 15) is 4.79 Å². The Labute approximate surface area is 108 Å². The van der Waals surface area contributed by atoms with Crippen LogP contribution in [0.15, 0.2) is 34.7 Å². The molecule has 1 aromatic carbocycles. The summed E-state index contributed by atoms with van der Waals surface area (Å²) in [4.78, 5) is 10.6. The van der Waals surface area contributed by atoms with Gasteiger partial charge in [-0.15, -0.1) is 0 Å². The predicted octanol–water partition coefficient (Wildman–Crippen LogP) is 2.29. The normalized spacial score (nSPS) is 12.4. The van der Waals surface area contributed by atoms with Gasteiger partial charge < -0.3 is 23.7 Å². The molecule has 0 amide bonds. The Balaban J connectivity index is 1.67. The minimum atomic E-state index is -1.13. The van der Waals surface area contributed by atoms with E-state index in [2.05, 4.69) is 0 Å². The fraction of sp³-hybridized carbons (Fsp3) is 0.154. The molecule has 6 nitrogen and oxygen atoms in total. The first-order valence-corrected chi connectivity index (χ1v) is 5.57. The van der Waals surface area contributed by atoms with Crippen LogP contribution in [-0.4, -0.2) is 17.9 Å². The molecule has 19 heavy (non-hydrogen) atoms. The predicted molar refractivity (Wildman–Crippen MR) is 62.6 cm³/mol. The molecule has 2 aromatic rings. The van der Waals surface area contributed by atoms with E-state index >= 15 is 0 Å². The highest BCUT2D eigenvalue weighted by Gasteiger charge is 2.14. The lowest BCUT2D eigenvalue weighted by molar-refractivity contribution is 0.0652. The molecule has 0 atom stereocenters. The van der Waals surface area contributed by atoms with E-state index in [1.165, 1.54) is 12.1 Å². The van der Waals surface area contributed by atoms with Gasteiger partial charge in [-0.25, -0.2) is 4.79 Å². The van der Waals surface area contributed by atoms with Crippen LogP contribution in [0.25, 0.3) is 0 Å². The minimum absolute atomic E-state index is 0.152. The Bertz CT molecular complexity index is 615. The number of aromatic carboxylic acids is 1. The largest absolute Gasteiger partial charge is 0.475 e. The first-order chi connectivity index (χ1) is 9.22. The van der Waals surface area contributed by atoms with Crippen molar-refractivity contribution < 1.29 is 28.5 Å². The third-order valence-electron chi connectivity index (χ3n) is 2.61. The smallest absolute Gasteiger partial charge is 0.371 e. The summed E-state index contributed by atoms with van der Waals surface area (Å²) in [5.41, 5.74) is 0.873. The molecule has 1 aliphatic heterocycles. The zero-order valence-electron chi connectivity index (χ0n) is 9.79. The average molecular weight is 262 g/mol. The van der Waals surface area contributed by atoms with Crippen LogP contribution >= 0.6 is 0 Å². The van der Waals surface area contributed by atoms with Crippen LogP contribution in [0.3, 0.4) is 0 Å². The number of carboxylic acid groups (broad SMARTS) is 1. The third-order valence-corrected chi connectivity index (χ3v) is 2.61. The number of carboxylic acids is 1. The van der Waals surface area contributed by atoms with Crippen molar-refractivity contribution in [2.24, 2.45) is 0 Å². The summed E-state index contributed by atoms with van der Waals surface area (Å²) in [6.45, 7) is 0.475. The van der Waals surface area contributed by atoms with Crippen molar-refractivity contribution in [2.75, 3.05) is 6.79 Å². The lowest BCUT2D eigenvalue weighted by Crippen LogP contribution is -1.95. The second-order valence-electron chi connectivity index (χ2n) is 3.90. The van der Waals surface area contributed by atoms with Gasteiger partial charge >= 0.3 is 5.97 Å². The van der Waals surface area contributed by atoms with Crippen molar-refractivity contribution in [3.8, 4) is 17.4 Å². The molecule has 3 rings (SSSR count). The molecule has 1 aromatic heterocycles. The topological polar surface area (TPSA) is 78.1 Å². The van der Waals surface area contributed by atoms with E-state index < -0.39 is 5.97 Å². The van der Waals surface area contributed by atoms with E-state index in [1.54, 1.807) is 6.07 Å². The van der Waals surface area contributed by atoms with E-state index in [-0.39, 0.29) is 25.1 Å². The van der Waals surface area contributed by atoms with Crippen LogP contribution < -0.4 is 14.2 Å². The number of carbonyl (C=O) groups is 1. The summed E-state index contributed by atoms with van der Waals surface area (Å²) in [7, 11) is 0. The Morgan fingerprint density at radius 3 is 2.84 bits per heavy atom. The quantitative estimate of drug-likeness (QED) is 0.910. The van der Waals surface area contributed by atoms with Crippen molar-refractivity contribution in [3.63, 3.8) is 0 Å². The van der Waals surface area contributed by atoms with Crippen LogP contribution in [0.2, 0.25) is 0 Å². The van der Waals surface area contributed by atoms with Gasteiger partial charge in [-0.3, -0.25) is 0 Å². The van der Waals surface area contributed by atoms with Gasteiger partial charge in [0, 0.05) is 6.07 Å². The maximum absolute atomic E-state index is 10.6. The van der Waals surface area contributed by atoms with Gasteiger partial charge in [-0.05, 0) is 23.8 Å². The van der Waals surface area contributed by atoms with Gasteiger partial charge in [0.2, 0.25) is 12.6 Å². The average Bonchev–Trinajstić information content (AvgIpc) is 3.04. The lowest BCUT2D eigenvalue weighted by atomic mass is 10.2. The number of ether oxygens (including phenoxy) is 3. The molecule has 98 valence electrons. The third kappa shape index (κ3) is 2.33. The van der Waals surface area contributed by atoms with E-state index in [1.807, 2.05) is 12.1 Å². The highest BCUT2D eigenvalue weighted by atomic mass is 16.7. The first-order valence-electron chi connectivity index (χ1n) is 5.57. The van der Waals surface area contributed by atoms with Crippen molar-refractivity contribution in [1.82, 2.24) is 0 Å². The lowest BCUT2D eigenvalue weighted by Gasteiger charge is -2.04. The molecule has 0 aliphatic carbocycles. The molecule has 1 aliphatic rings. The second kappa shape index (κ2) is 4.56. The highest BCUT2D eigenvalue weighted by Crippen LogP contribution is 2.32. The van der Waals surface area contributed by atoms with Crippen LogP contribution in [0.1, 0.15) is 16.1 Å². The SMILES string of the molecule is O=C(O)c1ccc(OCc2ccc3c(c2)OCO3)o1. The van der Waals surface area contributed by atoms with Crippen LogP contribution in [0, 0.1) is 0 Å². The molecular formula is C13H10O6. The number of rotatable bonds is 4. The van der Waals surface area contributed by atoms with Gasteiger partial charge in [-0.1, -0.05) is 6.07 Å². The molecule has 0 spiro atoms. The number of hydrogen-bond acceptors (Lipinski definition) is 5. The Morgan fingerprint density at radius 2 is 2.05 bits per heavy atom. The summed E-state index contributed by atoms with van der Waals surface area (Å²) >= 11 is 0. The maximum atomic E-state index is 10.6. The molecule has 6 heteroatoms. The fourth-order valence-corrected chi connectivity index (χ4v) is 1.70. The molecule has 0 unspecified atom stereocenters. The second-order valence-corrected chi connectivity index (χ2v) is 3.90. The number of fused-ring (bicyclic) bond motifs is 1. The summed E-state index contributed by atoms with van der Waals surface area (Å²) < 4.78 is 20.8. The van der Waals surface area contributed by atoms with Crippen molar-refractivity contribution in [2.45, 2.75) is 6.61 Å². The van der Waals surface area contributed by atoms with Gasteiger partial charge in [0.25, 0.3) is 5.95 Å². The summed E-state index contributed by atoms with van der Waals surface area (Å²) in [6, 6.07) is 8.26. The molecule has 0 bridgehead atoms. The first kappa shape index (κ1) is 11.5. The highest BCUT2D eigenvalue weighted by molar-refractivity contribution is 5.84. The van der Waals surface area contributed by atoms with Crippen molar-refractivity contribution in [3.05, 3.63) is 41.7 Å². The fourth-order valence-electron chi connectivity index (χ4n) is 1.70. The molecule has 2 heterocycles. The van der Waals surface area contributed by atoms with Gasteiger partial charge in [-0.2, -0.15) is 0 Å². The van der Waals surface area contributed by atoms with Crippen molar-refractivity contribution >= 4 is 5.97 Å². The molecule has 0 saturated carbocycles.